The number of halogens is 3. The molecule has 0 aromatic carbocycles. The minimum Gasteiger partial charge on any atom is -0.342 e. The van der Waals surface area contributed by atoms with Crippen LogP contribution in [-0.2, 0) is 4.79 Å². The van der Waals surface area contributed by atoms with Gasteiger partial charge in [0.2, 0.25) is 5.91 Å². The van der Waals surface area contributed by atoms with Gasteiger partial charge >= 0.3 is 6.18 Å². The van der Waals surface area contributed by atoms with Crippen molar-refractivity contribution in [3.05, 3.63) is 0 Å². The first-order valence-corrected chi connectivity index (χ1v) is 6.34. The minimum absolute atomic E-state index is 0.0862. The first kappa shape index (κ1) is 12.7. The Morgan fingerprint density at radius 2 is 1.53 bits per heavy atom. The summed E-state index contributed by atoms with van der Waals surface area (Å²) < 4.78 is 37.4. The highest BCUT2D eigenvalue weighted by Gasteiger charge is 2.43. The van der Waals surface area contributed by atoms with Crippen LogP contribution in [0.2, 0.25) is 0 Å². The first-order valence-electron chi connectivity index (χ1n) is 6.34. The number of alkyl halides is 3. The molecule has 1 saturated heterocycles. The van der Waals surface area contributed by atoms with Crippen molar-refractivity contribution in [2.75, 3.05) is 13.1 Å². The van der Waals surface area contributed by atoms with E-state index in [1.807, 2.05) is 4.90 Å². The average Bonchev–Trinajstić information content (AvgIpc) is 2.80. The van der Waals surface area contributed by atoms with Crippen molar-refractivity contribution in [3.8, 4) is 0 Å². The van der Waals surface area contributed by atoms with Gasteiger partial charge in [-0.2, -0.15) is 13.2 Å². The fourth-order valence-electron chi connectivity index (χ4n) is 2.86. The average molecular weight is 249 g/mol. The summed E-state index contributed by atoms with van der Waals surface area (Å²) >= 11 is 0. The number of hydrogen-bond donors (Lipinski definition) is 0. The predicted octanol–water partition coefficient (Wildman–Crippen LogP) is 2.98. The predicted molar refractivity (Wildman–Crippen MR) is 57.3 cm³/mol. The van der Waals surface area contributed by atoms with Crippen LogP contribution < -0.4 is 0 Å². The minimum atomic E-state index is -4.08. The fourth-order valence-corrected chi connectivity index (χ4v) is 2.86. The van der Waals surface area contributed by atoms with E-state index < -0.39 is 12.1 Å². The Kier molecular flexibility index (Phi) is 3.64. The molecular formula is C12H18F3NO. The zero-order chi connectivity index (χ0) is 12.5. The van der Waals surface area contributed by atoms with Gasteiger partial charge < -0.3 is 4.90 Å². The molecule has 1 aliphatic carbocycles. The van der Waals surface area contributed by atoms with Gasteiger partial charge in [-0.05, 0) is 38.5 Å². The molecular weight excluding hydrogens is 231 g/mol. The Labute approximate surface area is 99.2 Å². The van der Waals surface area contributed by atoms with E-state index in [2.05, 4.69) is 0 Å². The molecule has 0 radical (unpaired) electrons. The second-order valence-corrected chi connectivity index (χ2v) is 5.12. The van der Waals surface area contributed by atoms with E-state index in [1.54, 1.807) is 0 Å². The largest absolute Gasteiger partial charge is 0.391 e. The Hall–Kier alpha value is -0.740. The van der Waals surface area contributed by atoms with Gasteiger partial charge in [0.15, 0.2) is 0 Å². The summed E-state index contributed by atoms with van der Waals surface area (Å²) in [6.07, 6.45) is -0.977. The molecule has 0 spiro atoms. The lowest BCUT2D eigenvalue weighted by Gasteiger charge is -2.31. The second-order valence-electron chi connectivity index (χ2n) is 5.12. The van der Waals surface area contributed by atoms with Gasteiger partial charge in [-0.3, -0.25) is 4.79 Å². The number of hydrogen-bond acceptors (Lipinski definition) is 1. The Balaban J connectivity index is 1.84. The van der Waals surface area contributed by atoms with Crippen LogP contribution in [0.3, 0.4) is 0 Å². The van der Waals surface area contributed by atoms with Crippen molar-refractivity contribution in [3.63, 3.8) is 0 Å². The van der Waals surface area contributed by atoms with Gasteiger partial charge in [0, 0.05) is 19.0 Å². The van der Waals surface area contributed by atoms with Gasteiger partial charge in [-0.15, -0.1) is 0 Å². The summed E-state index contributed by atoms with van der Waals surface area (Å²) in [7, 11) is 0. The first-order chi connectivity index (χ1) is 7.98. The number of nitrogens with zero attached hydrogens (tertiary/aromatic N) is 1. The molecule has 2 fully saturated rings. The molecule has 2 nitrogen and oxygen atoms in total. The van der Waals surface area contributed by atoms with E-state index in [-0.39, 0.29) is 24.7 Å². The lowest BCUT2D eigenvalue weighted by atomic mass is 9.81. The van der Waals surface area contributed by atoms with Crippen LogP contribution in [0.1, 0.15) is 38.5 Å². The van der Waals surface area contributed by atoms with Crippen LogP contribution in [-0.4, -0.2) is 30.1 Å². The Morgan fingerprint density at radius 3 is 2.00 bits per heavy atom. The standard InChI is InChI=1S/C12H18F3NO/c13-12(14,15)10-5-3-9(4-6-10)11(17)16-7-1-2-8-16/h9-10H,1-8H2. The third-order valence-electron chi connectivity index (χ3n) is 3.96. The summed E-state index contributed by atoms with van der Waals surface area (Å²) in [4.78, 5) is 13.8. The van der Waals surface area contributed by atoms with Crippen LogP contribution in [0.25, 0.3) is 0 Å². The molecule has 2 rings (SSSR count). The molecule has 17 heavy (non-hydrogen) atoms. The molecule has 0 N–H and O–H groups in total. The lowest BCUT2D eigenvalue weighted by Crippen LogP contribution is -2.37. The van der Waals surface area contributed by atoms with Crippen LogP contribution >= 0.6 is 0 Å². The van der Waals surface area contributed by atoms with Crippen molar-refractivity contribution in [2.24, 2.45) is 11.8 Å². The van der Waals surface area contributed by atoms with Gasteiger partial charge in [0.1, 0.15) is 0 Å². The summed E-state index contributed by atoms with van der Waals surface area (Å²) in [5.41, 5.74) is 0. The van der Waals surface area contributed by atoms with Crippen molar-refractivity contribution in [1.29, 1.82) is 0 Å². The number of carbonyl (C=O) groups excluding carboxylic acids is 1. The normalized spacial score (nSPS) is 30.6. The third kappa shape index (κ3) is 2.93. The molecule has 1 saturated carbocycles. The SMILES string of the molecule is O=C(C1CCC(C(F)(F)F)CC1)N1CCCC1. The summed E-state index contributed by atoms with van der Waals surface area (Å²) in [6, 6.07) is 0. The number of amides is 1. The van der Waals surface area contributed by atoms with E-state index in [4.69, 9.17) is 0 Å². The maximum Gasteiger partial charge on any atom is 0.391 e. The van der Waals surface area contributed by atoms with E-state index in [0.29, 0.717) is 12.8 Å². The topological polar surface area (TPSA) is 20.3 Å². The van der Waals surface area contributed by atoms with Gasteiger partial charge in [-0.25, -0.2) is 0 Å². The zero-order valence-corrected chi connectivity index (χ0v) is 9.80. The van der Waals surface area contributed by atoms with Crippen molar-refractivity contribution in [1.82, 2.24) is 4.90 Å². The van der Waals surface area contributed by atoms with E-state index in [9.17, 15) is 18.0 Å². The molecule has 0 aromatic rings. The van der Waals surface area contributed by atoms with E-state index in [1.165, 1.54) is 0 Å². The van der Waals surface area contributed by atoms with Gasteiger partial charge in [-0.1, -0.05) is 0 Å². The Morgan fingerprint density at radius 1 is 1.00 bits per heavy atom. The third-order valence-corrected chi connectivity index (χ3v) is 3.96. The Bertz CT molecular complexity index is 276. The van der Waals surface area contributed by atoms with Crippen LogP contribution in [0.5, 0.6) is 0 Å². The molecule has 1 amide bonds. The molecule has 0 unspecified atom stereocenters. The monoisotopic (exact) mass is 249 g/mol. The highest BCUT2D eigenvalue weighted by molar-refractivity contribution is 5.79. The summed E-state index contributed by atoms with van der Waals surface area (Å²) in [5, 5.41) is 0. The molecule has 0 bridgehead atoms. The van der Waals surface area contributed by atoms with E-state index in [0.717, 1.165) is 25.9 Å². The highest BCUT2D eigenvalue weighted by atomic mass is 19.4. The van der Waals surface area contributed by atoms with Gasteiger partial charge in [0.25, 0.3) is 0 Å². The smallest absolute Gasteiger partial charge is 0.342 e. The highest BCUT2D eigenvalue weighted by Crippen LogP contribution is 2.40. The fraction of sp³-hybridized carbons (Fsp3) is 0.917. The quantitative estimate of drug-likeness (QED) is 0.699. The number of rotatable bonds is 1. The molecule has 0 atom stereocenters. The number of likely N-dealkylation sites (tertiary alicyclic amines) is 1. The maximum absolute atomic E-state index is 12.5. The van der Waals surface area contributed by atoms with Crippen molar-refractivity contribution >= 4 is 5.91 Å². The summed E-state index contributed by atoms with van der Waals surface area (Å²) in [6.45, 7) is 1.58. The van der Waals surface area contributed by atoms with E-state index >= 15 is 0 Å². The number of carbonyl (C=O) groups is 1. The molecule has 1 aliphatic heterocycles. The van der Waals surface area contributed by atoms with Crippen molar-refractivity contribution < 1.29 is 18.0 Å². The maximum atomic E-state index is 12.5. The molecule has 98 valence electrons. The van der Waals surface area contributed by atoms with Gasteiger partial charge in [0.05, 0.1) is 5.92 Å². The zero-order valence-electron chi connectivity index (χ0n) is 9.80. The molecule has 2 aliphatic rings. The second kappa shape index (κ2) is 4.86. The molecule has 5 heteroatoms. The molecule has 1 heterocycles. The molecule has 0 aromatic heterocycles. The van der Waals surface area contributed by atoms with Crippen LogP contribution in [0, 0.1) is 11.8 Å². The van der Waals surface area contributed by atoms with Crippen molar-refractivity contribution in [2.45, 2.75) is 44.7 Å². The lowest BCUT2D eigenvalue weighted by molar-refractivity contribution is -0.185. The summed E-state index contributed by atoms with van der Waals surface area (Å²) in [5.74, 6) is -1.26. The van der Waals surface area contributed by atoms with Crippen LogP contribution in [0.4, 0.5) is 13.2 Å². The van der Waals surface area contributed by atoms with Crippen LogP contribution in [0.15, 0.2) is 0 Å².